The van der Waals surface area contributed by atoms with E-state index in [4.69, 9.17) is 13.9 Å². The van der Waals surface area contributed by atoms with E-state index in [1.165, 1.54) is 24.7 Å². The van der Waals surface area contributed by atoms with Crippen molar-refractivity contribution < 1.29 is 23.8 Å². The smallest absolute Gasteiger partial charge is 0.307 e. The highest BCUT2D eigenvalue weighted by Gasteiger charge is 2.12. The molecule has 8 nitrogen and oxygen atoms in total. The van der Waals surface area contributed by atoms with Crippen molar-refractivity contribution in [2.24, 2.45) is 5.10 Å². The molecule has 0 fully saturated rings. The van der Waals surface area contributed by atoms with E-state index in [0.29, 0.717) is 26.4 Å². The van der Waals surface area contributed by atoms with Crippen molar-refractivity contribution in [3.05, 3.63) is 92.7 Å². The Balaban J connectivity index is 1.32. The van der Waals surface area contributed by atoms with Crippen molar-refractivity contribution in [3.8, 4) is 22.9 Å². The minimum atomic E-state index is -0.491. The maximum absolute atomic E-state index is 12.3. The molecule has 2 heterocycles. The zero-order valence-electron chi connectivity index (χ0n) is 19.4. The summed E-state index contributed by atoms with van der Waals surface area (Å²) in [4.78, 5) is 12.3. The maximum atomic E-state index is 12.3. The number of aromatic hydroxyl groups is 1. The molecule has 180 valence electrons. The standard InChI is InChI=1S/C26H24IN3O5/c1-16-4-5-17(2)30(16)19-6-8-20(9-7-19)34-15-21-10-11-23(35-21)26(32)29-28-14-18-12-22(27)25(31)24(13-18)33-3/h4-14,31H,15H2,1-3H3,(H,29,32)/b28-14+. The van der Waals surface area contributed by atoms with Crippen LogP contribution in [0.4, 0.5) is 0 Å². The monoisotopic (exact) mass is 585 g/mol. The molecule has 0 saturated carbocycles. The number of hydrogen-bond donors (Lipinski definition) is 2. The third-order valence-electron chi connectivity index (χ3n) is 5.28. The largest absolute Gasteiger partial charge is 0.504 e. The van der Waals surface area contributed by atoms with Crippen LogP contribution in [0, 0.1) is 17.4 Å². The van der Waals surface area contributed by atoms with Gasteiger partial charge in [0, 0.05) is 17.1 Å². The zero-order valence-corrected chi connectivity index (χ0v) is 21.6. The topological polar surface area (TPSA) is 98.2 Å². The molecule has 4 rings (SSSR count). The number of aromatic nitrogens is 1. The van der Waals surface area contributed by atoms with Crippen LogP contribution in [-0.2, 0) is 6.61 Å². The number of rotatable bonds is 8. The zero-order chi connectivity index (χ0) is 24.9. The molecule has 0 aliphatic carbocycles. The fraction of sp³-hybridized carbons (Fsp3) is 0.154. The van der Waals surface area contributed by atoms with Gasteiger partial charge in [-0.3, -0.25) is 4.79 Å². The second-order valence-corrected chi connectivity index (χ2v) is 8.91. The van der Waals surface area contributed by atoms with Crippen molar-refractivity contribution >= 4 is 34.7 Å². The molecule has 0 atom stereocenters. The number of phenols is 1. The number of methoxy groups -OCH3 is 1. The summed E-state index contributed by atoms with van der Waals surface area (Å²) in [7, 11) is 1.46. The Morgan fingerprint density at radius 3 is 2.51 bits per heavy atom. The fourth-order valence-corrected chi connectivity index (χ4v) is 4.17. The van der Waals surface area contributed by atoms with Gasteiger partial charge in [-0.25, -0.2) is 5.43 Å². The summed E-state index contributed by atoms with van der Waals surface area (Å²) >= 11 is 1.99. The first kappa shape index (κ1) is 24.4. The Morgan fingerprint density at radius 2 is 1.83 bits per heavy atom. The van der Waals surface area contributed by atoms with E-state index < -0.39 is 5.91 Å². The van der Waals surface area contributed by atoms with Crippen LogP contribution in [0.15, 0.2) is 70.2 Å². The van der Waals surface area contributed by atoms with Crippen molar-refractivity contribution in [1.29, 1.82) is 0 Å². The summed E-state index contributed by atoms with van der Waals surface area (Å²) in [6.07, 6.45) is 1.45. The van der Waals surface area contributed by atoms with Gasteiger partial charge in [-0.15, -0.1) is 0 Å². The van der Waals surface area contributed by atoms with Gasteiger partial charge in [0.05, 0.1) is 16.9 Å². The van der Waals surface area contributed by atoms with E-state index in [0.717, 1.165) is 5.69 Å². The van der Waals surface area contributed by atoms with Gasteiger partial charge in [0.15, 0.2) is 17.3 Å². The summed E-state index contributed by atoms with van der Waals surface area (Å²) in [5.74, 6) is 1.22. The molecular formula is C26H24IN3O5. The van der Waals surface area contributed by atoms with Gasteiger partial charge in [-0.2, -0.15) is 5.10 Å². The highest BCUT2D eigenvalue weighted by molar-refractivity contribution is 14.1. The Bertz CT molecular complexity index is 1350. The quantitative estimate of drug-likeness (QED) is 0.165. The first-order valence-corrected chi connectivity index (χ1v) is 11.8. The number of benzene rings is 2. The van der Waals surface area contributed by atoms with Crippen molar-refractivity contribution in [3.63, 3.8) is 0 Å². The molecule has 0 unspecified atom stereocenters. The third kappa shape index (κ3) is 5.68. The number of carbonyl (C=O) groups excluding carboxylic acids is 1. The highest BCUT2D eigenvalue weighted by atomic mass is 127. The molecule has 0 saturated heterocycles. The van der Waals surface area contributed by atoms with Gasteiger partial charge in [0.2, 0.25) is 0 Å². The second kappa shape index (κ2) is 10.7. The van der Waals surface area contributed by atoms with E-state index in [1.54, 1.807) is 24.3 Å². The van der Waals surface area contributed by atoms with Crippen molar-refractivity contribution in [1.82, 2.24) is 9.99 Å². The molecule has 9 heteroatoms. The van der Waals surface area contributed by atoms with Crippen LogP contribution < -0.4 is 14.9 Å². The summed E-state index contributed by atoms with van der Waals surface area (Å²) in [5, 5.41) is 13.9. The molecule has 4 aromatic rings. The Kier molecular flexibility index (Phi) is 7.45. The average molecular weight is 585 g/mol. The molecule has 2 N–H and O–H groups in total. The Labute approximate surface area is 216 Å². The van der Waals surface area contributed by atoms with Crippen LogP contribution in [0.5, 0.6) is 17.2 Å². The number of amides is 1. The lowest BCUT2D eigenvalue weighted by Gasteiger charge is -2.10. The minimum Gasteiger partial charge on any atom is -0.504 e. The maximum Gasteiger partial charge on any atom is 0.307 e. The number of nitrogens with zero attached hydrogens (tertiary/aromatic N) is 2. The molecule has 1 amide bonds. The molecule has 0 aliphatic heterocycles. The fourth-order valence-electron chi connectivity index (χ4n) is 3.54. The molecular weight excluding hydrogens is 561 g/mol. The molecule has 0 spiro atoms. The number of carbonyl (C=O) groups is 1. The predicted molar refractivity (Wildman–Crippen MR) is 141 cm³/mol. The van der Waals surface area contributed by atoms with E-state index in [9.17, 15) is 9.90 Å². The average Bonchev–Trinajstić information content (AvgIpc) is 3.46. The predicted octanol–water partition coefficient (Wildman–Crippen LogP) is 5.35. The number of aryl methyl sites for hydroxylation is 2. The first-order valence-electron chi connectivity index (χ1n) is 10.7. The van der Waals surface area contributed by atoms with Crippen LogP contribution in [0.3, 0.4) is 0 Å². The number of hydrazone groups is 1. The summed E-state index contributed by atoms with van der Waals surface area (Å²) in [6.45, 7) is 4.32. The van der Waals surface area contributed by atoms with Gasteiger partial charge in [0.1, 0.15) is 18.1 Å². The molecule has 35 heavy (non-hydrogen) atoms. The number of furan rings is 1. The van der Waals surface area contributed by atoms with Crippen LogP contribution in [-0.4, -0.2) is 28.9 Å². The third-order valence-corrected chi connectivity index (χ3v) is 6.11. The van der Waals surface area contributed by atoms with Crippen LogP contribution in [0.2, 0.25) is 0 Å². The van der Waals surface area contributed by atoms with Crippen LogP contribution in [0.25, 0.3) is 5.69 Å². The van der Waals surface area contributed by atoms with Crippen molar-refractivity contribution in [2.75, 3.05) is 7.11 Å². The van der Waals surface area contributed by atoms with Crippen LogP contribution >= 0.6 is 22.6 Å². The van der Waals surface area contributed by atoms with Crippen molar-refractivity contribution in [2.45, 2.75) is 20.5 Å². The van der Waals surface area contributed by atoms with Gasteiger partial charge < -0.3 is 23.6 Å². The summed E-state index contributed by atoms with van der Waals surface area (Å²) < 4.78 is 19.3. The van der Waals surface area contributed by atoms with E-state index in [2.05, 4.69) is 41.1 Å². The lowest BCUT2D eigenvalue weighted by molar-refractivity contribution is 0.0923. The SMILES string of the molecule is COc1cc(/C=N/NC(=O)c2ccc(COc3ccc(-n4c(C)ccc4C)cc3)o2)cc(I)c1O. The number of halogens is 1. The van der Waals surface area contributed by atoms with Gasteiger partial charge >= 0.3 is 5.91 Å². The number of phenolic OH excluding ortho intramolecular Hbond substituents is 1. The lowest BCUT2D eigenvalue weighted by Crippen LogP contribution is -2.16. The summed E-state index contributed by atoms with van der Waals surface area (Å²) in [5.41, 5.74) is 6.48. The number of ether oxygens (including phenoxy) is 2. The van der Waals surface area contributed by atoms with Gasteiger partial charge in [-0.1, -0.05) is 0 Å². The number of nitrogens with one attached hydrogen (secondary N) is 1. The normalized spacial score (nSPS) is 11.1. The van der Waals surface area contributed by atoms with Crippen LogP contribution in [0.1, 0.15) is 33.3 Å². The molecule has 0 radical (unpaired) electrons. The lowest BCUT2D eigenvalue weighted by atomic mass is 10.2. The highest BCUT2D eigenvalue weighted by Crippen LogP contribution is 2.31. The Hall–Kier alpha value is -3.73. The van der Waals surface area contributed by atoms with Gasteiger partial charge in [-0.05, 0) is 103 Å². The molecule has 2 aromatic carbocycles. The first-order chi connectivity index (χ1) is 16.9. The molecule has 2 aromatic heterocycles. The summed E-state index contributed by atoms with van der Waals surface area (Å²) in [6, 6.07) is 18.5. The van der Waals surface area contributed by atoms with E-state index >= 15 is 0 Å². The minimum absolute atomic E-state index is 0.0571. The van der Waals surface area contributed by atoms with E-state index in [-0.39, 0.29) is 18.1 Å². The molecule has 0 aliphatic rings. The van der Waals surface area contributed by atoms with Gasteiger partial charge in [0.25, 0.3) is 0 Å². The molecule has 0 bridgehead atoms. The number of hydrogen-bond acceptors (Lipinski definition) is 6. The Morgan fingerprint density at radius 1 is 1.11 bits per heavy atom. The second-order valence-electron chi connectivity index (χ2n) is 7.75. The van der Waals surface area contributed by atoms with E-state index in [1.807, 2.05) is 46.9 Å².